The maximum Gasteiger partial charge on any atom is 0.155 e. The molecule has 0 fully saturated rings. The fourth-order valence-corrected chi connectivity index (χ4v) is 2.06. The number of rotatable bonds is 3. The molecular weight excluding hydrogens is 250 g/mol. The van der Waals surface area contributed by atoms with Gasteiger partial charge in [-0.1, -0.05) is 12.1 Å². The van der Waals surface area contributed by atoms with E-state index in [0.717, 1.165) is 22.6 Å². The molecule has 0 radical (unpaired) electrons. The maximum atomic E-state index is 9.04. The smallest absolute Gasteiger partial charge is 0.155 e. The summed E-state index contributed by atoms with van der Waals surface area (Å²) in [4.78, 5) is 4.35. The van der Waals surface area contributed by atoms with E-state index in [-0.39, 0.29) is 0 Å². The maximum absolute atomic E-state index is 9.04. The first-order valence-corrected chi connectivity index (χ1v) is 6.30. The third-order valence-corrected chi connectivity index (χ3v) is 3.02. The zero-order valence-electron chi connectivity index (χ0n) is 11.0. The highest BCUT2D eigenvalue weighted by Crippen LogP contribution is 2.15. The zero-order valence-corrected chi connectivity index (χ0v) is 11.0. The van der Waals surface area contributed by atoms with Gasteiger partial charge in [-0.3, -0.25) is 0 Å². The van der Waals surface area contributed by atoms with Gasteiger partial charge in [0.15, 0.2) is 5.65 Å². The number of fused-ring (bicyclic) bond motifs is 1. The van der Waals surface area contributed by atoms with Gasteiger partial charge >= 0.3 is 0 Å². The molecule has 0 aliphatic carbocycles. The molecule has 98 valence electrons. The fraction of sp³-hybridized carbons (Fsp3) is 0.133. The van der Waals surface area contributed by atoms with E-state index in [4.69, 9.17) is 5.26 Å². The second kappa shape index (κ2) is 5.02. The van der Waals surface area contributed by atoms with Gasteiger partial charge in [0.1, 0.15) is 6.07 Å². The van der Waals surface area contributed by atoms with Crippen molar-refractivity contribution in [2.45, 2.75) is 13.5 Å². The van der Waals surface area contributed by atoms with E-state index in [1.54, 1.807) is 10.6 Å². The lowest BCUT2D eigenvalue weighted by molar-refractivity contribution is 0.895. The summed E-state index contributed by atoms with van der Waals surface area (Å²) < 4.78 is 1.77. The van der Waals surface area contributed by atoms with Crippen LogP contribution >= 0.6 is 0 Å². The molecule has 2 aromatic heterocycles. The minimum atomic E-state index is 0.598. The molecule has 0 atom stereocenters. The quantitative estimate of drug-likeness (QED) is 0.788. The molecule has 3 aromatic rings. The summed E-state index contributed by atoms with van der Waals surface area (Å²) in [6.07, 6.45) is 3.76. The molecule has 20 heavy (non-hydrogen) atoms. The Labute approximate surface area is 116 Å². The van der Waals surface area contributed by atoms with Crippen molar-refractivity contribution >= 4 is 11.3 Å². The van der Waals surface area contributed by atoms with Crippen LogP contribution in [-0.2, 0) is 6.54 Å². The normalized spacial score (nSPS) is 10.4. The van der Waals surface area contributed by atoms with Crippen molar-refractivity contribution < 1.29 is 0 Å². The number of hydrogen-bond acceptors (Lipinski definition) is 4. The molecule has 2 heterocycles. The SMILES string of the molecule is Cc1cc2ncc(CNc3ccccc3C#N)cn2n1. The monoisotopic (exact) mass is 263 g/mol. The lowest BCUT2D eigenvalue weighted by Gasteiger charge is -2.07. The molecule has 3 rings (SSSR count). The highest BCUT2D eigenvalue weighted by Gasteiger charge is 2.03. The van der Waals surface area contributed by atoms with Crippen molar-refractivity contribution in [3.63, 3.8) is 0 Å². The molecule has 0 amide bonds. The predicted octanol–water partition coefficient (Wildman–Crippen LogP) is 2.52. The van der Waals surface area contributed by atoms with Gasteiger partial charge in [0, 0.05) is 30.6 Å². The number of hydrogen-bond donors (Lipinski definition) is 1. The van der Waals surface area contributed by atoms with Crippen molar-refractivity contribution in [2.75, 3.05) is 5.32 Å². The van der Waals surface area contributed by atoms with Crippen LogP contribution < -0.4 is 5.32 Å². The van der Waals surface area contributed by atoms with Crippen LogP contribution in [0.25, 0.3) is 5.65 Å². The Morgan fingerprint density at radius 3 is 3.05 bits per heavy atom. The topological polar surface area (TPSA) is 66.0 Å². The van der Waals surface area contributed by atoms with Gasteiger partial charge in [-0.15, -0.1) is 0 Å². The predicted molar refractivity (Wildman–Crippen MR) is 76.2 cm³/mol. The Bertz CT molecular complexity index is 797. The van der Waals surface area contributed by atoms with Crippen LogP contribution in [0.1, 0.15) is 16.8 Å². The highest BCUT2D eigenvalue weighted by atomic mass is 15.2. The Balaban J connectivity index is 1.81. The third kappa shape index (κ3) is 2.31. The molecule has 0 spiro atoms. The van der Waals surface area contributed by atoms with Gasteiger partial charge in [0.25, 0.3) is 0 Å². The average Bonchev–Trinajstić information content (AvgIpc) is 2.84. The van der Waals surface area contributed by atoms with Crippen molar-refractivity contribution in [1.82, 2.24) is 14.6 Å². The van der Waals surface area contributed by atoms with Crippen molar-refractivity contribution in [2.24, 2.45) is 0 Å². The van der Waals surface area contributed by atoms with Gasteiger partial charge in [-0.25, -0.2) is 9.50 Å². The fourth-order valence-electron chi connectivity index (χ4n) is 2.06. The first-order chi connectivity index (χ1) is 9.76. The number of aromatic nitrogens is 3. The van der Waals surface area contributed by atoms with Crippen LogP contribution in [0.4, 0.5) is 5.69 Å². The first-order valence-electron chi connectivity index (χ1n) is 6.30. The van der Waals surface area contributed by atoms with Crippen LogP contribution in [0.2, 0.25) is 0 Å². The Hall–Kier alpha value is -2.87. The van der Waals surface area contributed by atoms with E-state index in [2.05, 4.69) is 21.5 Å². The second-order valence-electron chi connectivity index (χ2n) is 4.56. The minimum absolute atomic E-state index is 0.598. The van der Waals surface area contributed by atoms with Crippen LogP contribution in [0.5, 0.6) is 0 Å². The minimum Gasteiger partial charge on any atom is -0.380 e. The summed E-state index contributed by atoms with van der Waals surface area (Å²) in [5, 5.41) is 16.6. The van der Waals surface area contributed by atoms with E-state index in [1.807, 2.05) is 43.6 Å². The van der Waals surface area contributed by atoms with Gasteiger partial charge in [-0.05, 0) is 19.1 Å². The summed E-state index contributed by atoms with van der Waals surface area (Å²) in [6, 6.07) is 11.5. The molecule has 0 saturated carbocycles. The van der Waals surface area contributed by atoms with E-state index in [1.165, 1.54) is 0 Å². The first kappa shape index (κ1) is 12.2. The molecule has 0 bridgehead atoms. The summed E-state index contributed by atoms with van der Waals surface area (Å²) in [7, 11) is 0. The summed E-state index contributed by atoms with van der Waals surface area (Å²) >= 11 is 0. The van der Waals surface area contributed by atoms with Crippen LogP contribution in [0, 0.1) is 18.3 Å². The van der Waals surface area contributed by atoms with Gasteiger partial charge in [-0.2, -0.15) is 10.4 Å². The van der Waals surface area contributed by atoms with E-state index in [0.29, 0.717) is 12.1 Å². The standard InChI is InChI=1S/C15H13N5/c1-11-6-15-18-9-12(10-20(15)19-11)8-17-14-5-3-2-4-13(14)7-16/h2-6,9-10,17H,8H2,1H3. The molecule has 5 nitrogen and oxygen atoms in total. The molecule has 0 saturated heterocycles. The van der Waals surface area contributed by atoms with Crippen molar-refractivity contribution in [3.8, 4) is 6.07 Å². The second-order valence-corrected chi connectivity index (χ2v) is 4.56. The third-order valence-electron chi connectivity index (χ3n) is 3.02. The molecule has 5 heteroatoms. The van der Waals surface area contributed by atoms with Crippen LogP contribution in [0.3, 0.4) is 0 Å². The number of benzene rings is 1. The lowest BCUT2D eigenvalue weighted by Crippen LogP contribution is -2.03. The van der Waals surface area contributed by atoms with Crippen LogP contribution in [0.15, 0.2) is 42.7 Å². The Morgan fingerprint density at radius 2 is 2.20 bits per heavy atom. The van der Waals surface area contributed by atoms with Crippen LogP contribution in [-0.4, -0.2) is 14.6 Å². The van der Waals surface area contributed by atoms with E-state index >= 15 is 0 Å². The number of nitriles is 1. The number of nitrogens with one attached hydrogen (secondary N) is 1. The zero-order chi connectivity index (χ0) is 13.9. The highest BCUT2D eigenvalue weighted by molar-refractivity contribution is 5.57. The van der Waals surface area contributed by atoms with E-state index < -0.39 is 0 Å². The number of para-hydroxylation sites is 1. The van der Waals surface area contributed by atoms with Gasteiger partial charge in [0.05, 0.1) is 16.9 Å². The number of nitrogens with zero attached hydrogens (tertiary/aromatic N) is 4. The van der Waals surface area contributed by atoms with Gasteiger partial charge < -0.3 is 5.32 Å². The number of anilines is 1. The molecule has 1 N–H and O–H groups in total. The van der Waals surface area contributed by atoms with Crippen molar-refractivity contribution in [3.05, 3.63) is 59.5 Å². The summed E-state index contributed by atoms with van der Waals surface area (Å²) in [5.74, 6) is 0. The Kier molecular flexibility index (Phi) is 3.05. The lowest BCUT2D eigenvalue weighted by atomic mass is 10.2. The van der Waals surface area contributed by atoms with E-state index in [9.17, 15) is 0 Å². The number of aryl methyl sites for hydroxylation is 1. The Morgan fingerprint density at radius 1 is 1.35 bits per heavy atom. The molecule has 0 aliphatic heterocycles. The largest absolute Gasteiger partial charge is 0.380 e. The summed E-state index contributed by atoms with van der Waals surface area (Å²) in [6.45, 7) is 2.54. The molecule has 1 aromatic carbocycles. The molecule has 0 aliphatic rings. The van der Waals surface area contributed by atoms with Crippen molar-refractivity contribution in [1.29, 1.82) is 5.26 Å². The molecule has 0 unspecified atom stereocenters. The van der Waals surface area contributed by atoms with Gasteiger partial charge in [0.2, 0.25) is 0 Å². The summed E-state index contributed by atoms with van der Waals surface area (Å²) in [5.41, 5.74) is 4.25. The molecular formula is C15H13N5. The average molecular weight is 263 g/mol.